The summed E-state index contributed by atoms with van der Waals surface area (Å²) >= 11 is 0. The Morgan fingerprint density at radius 2 is 1.89 bits per heavy atom. The molecule has 1 amide bonds. The average Bonchev–Trinajstić information content (AvgIpc) is 2.68. The molecule has 0 saturated carbocycles. The first-order valence-electron chi connectivity index (χ1n) is 8.79. The first kappa shape index (κ1) is 18.4. The number of nitrogens with one attached hydrogen (secondary N) is 1. The van der Waals surface area contributed by atoms with Crippen LogP contribution in [0.3, 0.4) is 0 Å². The minimum Gasteiger partial charge on any atom is -0.484 e. The molecule has 0 aliphatic rings. The van der Waals surface area contributed by atoms with Crippen molar-refractivity contribution in [2.45, 2.75) is 13.8 Å². The Bertz CT molecular complexity index is 950. The molecule has 1 aromatic heterocycles. The average molecular weight is 358 g/mol. The topological polar surface area (TPSA) is 51.2 Å². The van der Waals surface area contributed by atoms with E-state index in [4.69, 9.17) is 4.74 Å². The van der Waals surface area contributed by atoms with Crippen LogP contribution in [0.1, 0.15) is 22.4 Å². The molecule has 0 aliphatic carbocycles. The minimum atomic E-state index is -0.195. The van der Waals surface area contributed by atoms with Crippen molar-refractivity contribution in [2.75, 3.05) is 11.9 Å². The predicted molar refractivity (Wildman–Crippen MR) is 110 cm³/mol. The summed E-state index contributed by atoms with van der Waals surface area (Å²) in [5, 5.41) is 2.86. The smallest absolute Gasteiger partial charge is 0.262 e. The Kier molecular flexibility index (Phi) is 6.00. The van der Waals surface area contributed by atoms with Crippen molar-refractivity contribution in [2.24, 2.45) is 0 Å². The molecule has 136 valence electrons. The molecule has 1 heterocycles. The van der Waals surface area contributed by atoms with Gasteiger partial charge in [-0.25, -0.2) is 0 Å². The number of aryl methyl sites for hydroxylation is 2. The molecule has 2 aromatic carbocycles. The molecular formula is C23H22N2O2. The van der Waals surface area contributed by atoms with E-state index in [1.54, 1.807) is 6.20 Å². The molecule has 27 heavy (non-hydrogen) atoms. The zero-order chi connectivity index (χ0) is 19.1. The lowest BCUT2D eigenvalue weighted by Crippen LogP contribution is -2.20. The summed E-state index contributed by atoms with van der Waals surface area (Å²) in [5.74, 6) is 0.499. The van der Waals surface area contributed by atoms with Crippen LogP contribution in [-0.4, -0.2) is 17.5 Å². The van der Waals surface area contributed by atoms with E-state index < -0.39 is 0 Å². The molecule has 0 fully saturated rings. The normalized spacial score (nSPS) is 10.7. The highest BCUT2D eigenvalue weighted by molar-refractivity contribution is 5.92. The largest absolute Gasteiger partial charge is 0.484 e. The molecule has 0 aliphatic heterocycles. The molecule has 0 atom stereocenters. The fourth-order valence-corrected chi connectivity index (χ4v) is 2.53. The number of benzene rings is 2. The van der Waals surface area contributed by atoms with Crippen LogP contribution in [0, 0.1) is 13.8 Å². The van der Waals surface area contributed by atoms with Crippen LogP contribution in [-0.2, 0) is 4.79 Å². The summed E-state index contributed by atoms with van der Waals surface area (Å²) in [6.07, 6.45) is 5.65. The molecular weight excluding hydrogens is 336 g/mol. The Hall–Kier alpha value is -3.40. The highest BCUT2D eigenvalue weighted by Crippen LogP contribution is 2.17. The number of aromatic nitrogens is 1. The van der Waals surface area contributed by atoms with Crippen LogP contribution in [0.5, 0.6) is 5.75 Å². The van der Waals surface area contributed by atoms with Crippen LogP contribution in [0.2, 0.25) is 0 Å². The second-order valence-corrected chi connectivity index (χ2v) is 6.30. The third-order valence-corrected chi connectivity index (χ3v) is 4.15. The molecule has 3 aromatic rings. The van der Waals surface area contributed by atoms with E-state index in [2.05, 4.69) is 10.3 Å². The maximum Gasteiger partial charge on any atom is 0.262 e. The summed E-state index contributed by atoms with van der Waals surface area (Å²) in [5.41, 5.74) is 4.93. The van der Waals surface area contributed by atoms with Crippen molar-refractivity contribution < 1.29 is 9.53 Å². The van der Waals surface area contributed by atoms with Crippen LogP contribution >= 0.6 is 0 Å². The number of anilines is 1. The van der Waals surface area contributed by atoms with Gasteiger partial charge in [0.25, 0.3) is 5.91 Å². The highest BCUT2D eigenvalue weighted by atomic mass is 16.5. The number of hydrogen-bond donors (Lipinski definition) is 1. The lowest BCUT2D eigenvalue weighted by molar-refractivity contribution is -0.118. The van der Waals surface area contributed by atoms with Crippen molar-refractivity contribution >= 4 is 23.7 Å². The highest BCUT2D eigenvalue weighted by Gasteiger charge is 2.05. The van der Waals surface area contributed by atoms with Crippen molar-refractivity contribution in [1.82, 2.24) is 4.98 Å². The molecule has 0 radical (unpaired) electrons. The Morgan fingerprint density at radius 3 is 2.67 bits per heavy atom. The van der Waals surface area contributed by atoms with Gasteiger partial charge in [-0.15, -0.1) is 0 Å². The quantitative estimate of drug-likeness (QED) is 0.683. The van der Waals surface area contributed by atoms with Gasteiger partial charge in [0.1, 0.15) is 5.75 Å². The number of carbonyl (C=O) groups is 1. The monoisotopic (exact) mass is 358 g/mol. The van der Waals surface area contributed by atoms with Crippen LogP contribution in [0.25, 0.3) is 12.2 Å². The van der Waals surface area contributed by atoms with Gasteiger partial charge in [-0.2, -0.15) is 0 Å². The molecule has 4 heteroatoms. The maximum atomic E-state index is 12.2. The number of nitrogens with zero attached hydrogens (tertiary/aromatic N) is 1. The van der Waals surface area contributed by atoms with Gasteiger partial charge in [0.15, 0.2) is 6.61 Å². The Labute approximate surface area is 159 Å². The second-order valence-electron chi connectivity index (χ2n) is 6.30. The lowest BCUT2D eigenvalue weighted by Gasteiger charge is -2.09. The number of ether oxygens (including phenoxy) is 1. The molecule has 1 N–H and O–H groups in total. The van der Waals surface area contributed by atoms with Gasteiger partial charge >= 0.3 is 0 Å². The van der Waals surface area contributed by atoms with E-state index in [-0.39, 0.29) is 12.5 Å². The third kappa shape index (κ3) is 5.54. The SMILES string of the molecule is Cc1ccc(OCC(=O)Nc2cccc(/C=C/c3ccccn3)c2)cc1C. The number of pyridine rings is 1. The maximum absolute atomic E-state index is 12.2. The van der Waals surface area contributed by atoms with E-state index in [1.165, 1.54) is 5.56 Å². The molecule has 0 spiro atoms. The molecule has 0 unspecified atom stereocenters. The second kappa shape index (κ2) is 8.81. The van der Waals surface area contributed by atoms with Crippen LogP contribution in [0.15, 0.2) is 66.9 Å². The fraction of sp³-hybridized carbons (Fsp3) is 0.130. The minimum absolute atomic E-state index is 0.0312. The molecule has 4 nitrogen and oxygen atoms in total. The van der Waals surface area contributed by atoms with Gasteiger partial charge in [-0.1, -0.05) is 30.3 Å². The zero-order valence-electron chi connectivity index (χ0n) is 15.5. The van der Waals surface area contributed by atoms with Crippen molar-refractivity contribution in [3.63, 3.8) is 0 Å². The standard InChI is InChI=1S/C23H22N2O2/c1-17-9-12-22(14-18(17)2)27-16-23(26)25-21-8-5-6-19(15-21)10-11-20-7-3-4-13-24-20/h3-15H,16H2,1-2H3,(H,25,26)/b11-10+. The zero-order valence-corrected chi connectivity index (χ0v) is 15.5. The summed E-state index contributed by atoms with van der Waals surface area (Å²) in [6, 6.07) is 19.2. The summed E-state index contributed by atoms with van der Waals surface area (Å²) in [7, 11) is 0. The van der Waals surface area contributed by atoms with Gasteiger partial charge in [0.2, 0.25) is 0 Å². The van der Waals surface area contributed by atoms with Gasteiger partial charge < -0.3 is 10.1 Å². The fourth-order valence-electron chi connectivity index (χ4n) is 2.53. The molecule has 0 saturated heterocycles. The van der Waals surface area contributed by atoms with E-state index >= 15 is 0 Å². The van der Waals surface area contributed by atoms with Crippen molar-refractivity contribution in [1.29, 1.82) is 0 Å². The number of hydrogen-bond acceptors (Lipinski definition) is 3. The van der Waals surface area contributed by atoms with Crippen molar-refractivity contribution in [3.05, 3.63) is 89.2 Å². The molecule has 3 rings (SSSR count). The van der Waals surface area contributed by atoms with E-state index in [9.17, 15) is 4.79 Å². The first-order chi connectivity index (χ1) is 13.1. The summed E-state index contributed by atoms with van der Waals surface area (Å²) in [6.45, 7) is 4.03. The summed E-state index contributed by atoms with van der Waals surface area (Å²) in [4.78, 5) is 16.4. The van der Waals surface area contributed by atoms with Gasteiger partial charge in [-0.05, 0) is 73.0 Å². The van der Waals surface area contributed by atoms with Crippen molar-refractivity contribution in [3.8, 4) is 5.75 Å². The van der Waals surface area contributed by atoms with Gasteiger partial charge in [-0.3, -0.25) is 9.78 Å². The Balaban J connectivity index is 1.57. The Morgan fingerprint density at radius 1 is 1.00 bits per heavy atom. The predicted octanol–water partition coefficient (Wildman–Crippen LogP) is 4.89. The summed E-state index contributed by atoms with van der Waals surface area (Å²) < 4.78 is 5.58. The third-order valence-electron chi connectivity index (χ3n) is 4.15. The van der Waals surface area contributed by atoms with Crippen LogP contribution < -0.4 is 10.1 Å². The number of rotatable bonds is 6. The lowest BCUT2D eigenvalue weighted by atomic mass is 10.1. The van der Waals surface area contributed by atoms with Gasteiger partial charge in [0.05, 0.1) is 5.69 Å². The first-order valence-corrected chi connectivity index (χ1v) is 8.79. The van der Waals surface area contributed by atoms with E-state index in [0.717, 1.165) is 22.5 Å². The van der Waals surface area contributed by atoms with Crippen LogP contribution in [0.4, 0.5) is 5.69 Å². The van der Waals surface area contributed by atoms with Gasteiger partial charge in [0, 0.05) is 11.9 Å². The van der Waals surface area contributed by atoms with E-state index in [0.29, 0.717) is 5.75 Å². The number of carbonyl (C=O) groups excluding carboxylic acids is 1. The molecule has 0 bridgehead atoms. The number of amides is 1. The van der Waals surface area contributed by atoms with E-state index in [1.807, 2.05) is 86.7 Å².